The normalized spacial score (nSPS) is 11.6. The molecule has 29 heavy (non-hydrogen) atoms. The zero-order valence-corrected chi connectivity index (χ0v) is 16.5. The van der Waals surface area contributed by atoms with Crippen molar-refractivity contribution in [3.8, 4) is 17.0 Å². The Morgan fingerprint density at radius 1 is 1.17 bits per heavy atom. The molecular formula is C21H23N5O3. The van der Waals surface area contributed by atoms with Gasteiger partial charge in [0, 0.05) is 41.5 Å². The number of nitrogens with one attached hydrogen (secondary N) is 2. The van der Waals surface area contributed by atoms with E-state index in [1.54, 1.807) is 30.9 Å². The van der Waals surface area contributed by atoms with E-state index >= 15 is 0 Å². The topological polar surface area (TPSA) is 109 Å². The summed E-state index contributed by atoms with van der Waals surface area (Å²) in [5.41, 5.74) is 5.55. The lowest BCUT2D eigenvalue weighted by molar-refractivity contribution is 0.0706. The van der Waals surface area contributed by atoms with Crippen molar-refractivity contribution in [1.82, 2.24) is 20.4 Å². The van der Waals surface area contributed by atoms with Crippen LogP contribution in [0, 0.1) is 6.92 Å². The smallest absolute Gasteiger partial charge is 0.274 e. The van der Waals surface area contributed by atoms with Gasteiger partial charge in [-0.2, -0.15) is 0 Å². The molecule has 0 bridgehead atoms. The van der Waals surface area contributed by atoms with Gasteiger partial charge in [-0.05, 0) is 36.8 Å². The number of hydroxylamine groups is 1. The summed E-state index contributed by atoms with van der Waals surface area (Å²) >= 11 is 0. The molecule has 3 aromatic rings. The van der Waals surface area contributed by atoms with Crippen molar-refractivity contribution in [2.24, 2.45) is 0 Å². The molecule has 3 rings (SSSR count). The van der Waals surface area contributed by atoms with Gasteiger partial charge in [0.25, 0.3) is 5.91 Å². The Balaban J connectivity index is 1.72. The summed E-state index contributed by atoms with van der Waals surface area (Å²) in [6.07, 6.45) is 3.31. The Bertz CT molecular complexity index is 992. The summed E-state index contributed by atoms with van der Waals surface area (Å²) in [7, 11) is 1.55. The molecule has 2 aromatic heterocycles. The Labute approximate surface area is 169 Å². The average molecular weight is 393 g/mol. The molecule has 3 N–H and O–H groups in total. The van der Waals surface area contributed by atoms with Gasteiger partial charge in [0.15, 0.2) is 0 Å². The zero-order chi connectivity index (χ0) is 20.8. The maximum absolute atomic E-state index is 11.6. The van der Waals surface area contributed by atoms with E-state index in [1.165, 1.54) is 6.33 Å². The van der Waals surface area contributed by atoms with Gasteiger partial charge in [0.1, 0.15) is 17.9 Å². The van der Waals surface area contributed by atoms with Crippen LogP contribution in [0.15, 0.2) is 48.9 Å². The molecule has 0 aliphatic heterocycles. The van der Waals surface area contributed by atoms with Gasteiger partial charge in [-0.1, -0.05) is 13.0 Å². The molecule has 2 heterocycles. The minimum Gasteiger partial charge on any atom is -0.496 e. The fourth-order valence-corrected chi connectivity index (χ4v) is 2.92. The molecule has 1 amide bonds. The van der Waals surface area contributed by atoms with Crippen LogP contribution in [-0.4, -0.2) is 39.7 Å². The summed E-state index contributed by atoms with van der Waals surface area (Å²) in [4.78, 5) is 24.5. The molecule has 150 valence electrons. The fraction of sp³-hybridized carbons (Fsp3) is 0.238. The Hall–Kier alpha value is -3.52. The predicted octanol–water partition coefficient (Wildman–Crippen LogP) is 3.19. The third-order valence-corrected chi connectivity index (χ3v) is 4.59. The SMILES string of the molecule is COc1cc(C(=O)NO)ccc1C(C)CNc1cc(-c2ccc(C)nc2)ncn1. The number of carbonyl (C=O) groups is 1. The number of aryl methyl sites for hydroxylation is 1. The molecule has 8 heteroatoms. The fourth-order valence-electron chi connectivity index (χ4n) is 2.92. The summed E-state index contributed by atoms with van der Waals surface area (Å²) in [6, 6.07) is 10.9. The van der Waals surface area contributed by atoms with E-state index in [2.05, 4.69) is 20.3 Å². The van der Waals surface area contributed by atoms with Crippen LogP contribution in [-0.2, 0) is 0 Å². The molecule has 0 radical (unpaired) electrons. The van der Waals surface area contributed by atoms with Crippen molar-refractivity contribution >= 4 is 11.7 Å². The van der Waals surface area contributed by atoms with Crippen LogP contribution in [0.25, 0.3) is 11.3 Å². The van der Waals surface area contributed by atoms with Crippen LogP contribution in [0.2, 0.25) is 0 Å². The first-order valence-electron chi connectivity index (χ1n) is 9.13. The highest BCUT2D eigenvalue weighted by molar-refractivity contribution is 5.93. The average Bonchev–Trinajstić information content (AvgIpc) is 2.77. The Kier molecular flexibility index (Phi) is 6.36. The molecular weight excluding hydrogens is 370 g/mol. The number of ether oxygens (including phenoxy) is 1. The van der Waals surface area contributed by atoms with Crippen LogP contribution < -0.4 is 15.5 Å². The summed E-state index contributed by atoms with van der Waals surface area (Å²) in [5, 5.41) is 12.1. The van der Waals surface area contributed by atoms with Gasteiger partial charge < -0.3 is 10.1 Å². The lowest BCUT2D eigenvalue weighted by Crippen LogP contribution is -2.19. The maximum atomic E-state index is 11.6. The van der Waals surface area contributed by atoms with E-state index in [9.17, 15) is 4.79 Å². The number of carbonyl (C=O) groups excluding carboxylic acids is 1. The standard InChI is InChI=1S/C21H23N5O3/c1-13(17-7-6-15(21(27)26-28)8-19(17)29-3)10-23-20-9-18(24-12-25-20)16-5-4-14(2)22-11-16/h4-9,11-13,28H,10H2,1-3H3,(H,26,27)(H,23,24,25). The summed E-state index contributed by atoms with van der Waals surface area (Å²) in [5.74, 6) is 0.780. The number of hydrogen-bond acceptors (Lipinski definition) is 7. The first-order chi connectivity index (χ1) is 14.0. The molecule has 1 atom stereocenters. The van der Waals surface area contributed by atoms with Crippen LogP contribution in [0.1, 0.15) is 34.5 Å². The van der Waals surface area contributed by atoms with Gasteiger partial charge >= 0.3 is 0 Å². The lowest BCUT2D eigenvalue weighted by Gasteiger charge is -2.17. The van der Waals surface area contributed by atoms with Crippen LogP contribution in [0.4, 0.5) is 5.82 Å². The van der Waals surface area contributed by atoms with Crippen LogP contribution in [0.5, 0.6) is 5.75 Å². The van der Waals surface area contributed by atoms with Gasteiger partial charge in [-0.3, -0.25) is 15.0 Å². The first-order valence-corrected chi connectivity index (χ1v) is 9.13. The molecule has 8 nitrogen and oxygen atoms in total. The van der Waals surface area contributed by atoms with Crippen molar-refractivity contribution in [2.45, 2.75) is 19.8 Å². The van der Waals surface area contributed by atoms with Gasteiger partial charge in [0.2, 0.25) is 0 Å². The highest BCUT2D eigenvalue weighted by Crippen LogP contribution is 2.28. The number of benzene rings is 1. The van der Waals surface area contributed by atoms with Crippen molar-refractivity contribution in [1.29, 1.82) is 0 Å². The van der Waals surface area contributed by atoms with Crippen molar-refractivity contribution in [3.05, 3.63) is 65.7 Å². The number of hydrogen-bond donors (Lipinski definition) is 3. The van der Waals surface area contributed by atoms with E-state index in [4.69, 9.17) is 9.94 Å². The maximum Gasteiger partial charge on any atom is 0.274 e. The van der Waals surface area contributed by atoms with Crippen molar-refractivity contribution in [3.63, 3.8) is 0 Å². The van der Waals surface area contributed by atoms with Crippen molar-refractivity contribution < 1.29 is 14.7 Å². The zero-order valence-electron chi connectivity index (χ0n) is 16.5. The van der Waals surface area contributed by atoms with E-state index in [0.717, 1.165) is 22.5 Å². The Morgan fingerprint density at radius 3 is 2.69 bits per heavy atom. The monoisotopic (exact) mass is 393 g/mol. The highest BCUT2D eigenvalue weighted by atomic mass is 16.5. The number of amides is 1. The molecule has 0 fully saturated rings. The number of methoxy groups -OCH3 is 1. The second kappa shape index (κ2) is 9.11. The van der Waals surface area contributed by atoms with Crippen LogP contribution >= 0.6 is 0 Å². The van der Waals surface area contributed by atoms with Gasteiger partial charge in [-0.15, -0.1) is 0 Å². The molecule has 0 saturated carbocycles. The molecule has 0 aliphatic rings. The number of anilines is 1. The van der Waals surface area contributed by atoms with E-state index in [1.807, 2.05) is 38.1 Å². The minimum absolute atomic E-state index is 0.0793. The number of nitrogens with zero attached hydrogens (tertiary/aromatic N) is 3. The predicted molar refractivity (Wildman–Crippen MR) is 109 cm³/mol. The van der Waals surface area contributed by atoms with Gasteiger partial charge in [0.05, 0.1) is 12.8 Å². The van der Waals surface area contributed by atoms with Crippen molar-refractivity contribution in [2.75, 3.05) is 19.0 Å². The first kappa shape index (κ1) is 20.2. The molecule has 1 aromatic carbocycles. The Morgan fingerprint density at radius 2 is 2.00 bits per heavy atom. The lowest BCUT2D eigenvalue weighted by atomic mass is 9.98. The quantitative estimate of drug-likeness (QED) is 0.418. The molecule has 0 saturated heterocycles. The summed E-state index contributed by atoms with van der Waals surface area (Å²) < 4.78 is 5.42. The molecule has 1 unspecified atom stereocenters. The third-order valence-electron chi connectivity index (χ3n) is 4.59. The van der Waals surface area contributed by atoms with Crippen LogP contribution in [0.3, 0.4) is 0 Å². The molecule has 0 spiro atoms. The summed E-state index contributed by atoms with van der Waals surface area (Å²) in [6.45, 7) is 4.59. The number of rotatable bonds is 7. The molecule has 0 aliphatic carbocycles. The number of pyridine rings is 1. The second-order valence-electron chi connectivity index (χ2n) is 6.66. The minimum atomic E-state index is -0.584. The van der Waals surface area contributed by atoms with E-state index < -0.39 is 5.91 Å². The van der Waals surface area contributed by atoms with E-state index in [0.29, 0.717) is 23.7 Å². The second-order valence-corrected chi connectivity index (χ2v) is 6.66. The largest absolute Gasteiger partial charge is 0.496 e. The third kappa shape index (κ3) is 4.85. The van der Waals surface area contributed by atoms with E-state index in [-0.39, 0.29) is 5.92 Å². The van der Waals surface area contributed by atoms with Gasteiger partial charge in [-0.25, -0.2) is 15.4 Å². The highest BCUT2D eigenvalue weighted by Gasteiger charge is 2.15. The number of aromatic nitrogens is 3.